The van der Waals surface area contributed by atoms with Crippen LogP contribution in [-0.2, 0) is 0 Å². The van der Waals surface area contributed by atoms with Crippen LogP contribution in [-0.4, -0.2) is 6.54 Å². The molecule has 1 atom stereocenters. The Labute approximate surface area is 131 Å². The van der Waals surface area contributed by atoms with Crippen molar-refractivity contribution in [3.8, 4) is 0 Å². The summed E-state index contributed by atoms with van der Waals surface area (Å²) in [5, 5.41) is 4.43. The molecule has 0 radical (unpaired) electrons. The van der Waals surface area contributed by atoms with Crippen molar-refractivity contribution in [3.63, 3.8) is 0 Å². The highest BCUT2D eigenvalue weighted by molar-refractivity contribution is 9.10. The normalized spacial score (nSPS) is 12.9. The Morgan fingerprint density at radius 3 is 2.58 bits per heavy atom. The topological polar surface area (TPSA) is 12.0 Å². The van der Waals surface area contributed by atoms with Crippen molar-refractivity contribution in [1.29, 1.82) is 0 Å². The smallest absolute Gasteiger partial charge is 0.0551 e. The highest BCUT2D eigenvalue weighted by Crippen LogP contribution is 2.28. The predicted octanol–water partition coefficient (Wildman–Crippen LogP) is 5.97. The van der Waals surface area contributed by atoms with E-state index < -0.39 is 0 Å². The Bertz CT molecular complexity index is 379. The molecule has 0 bridgehead atoms. The minimum absolute atomic E-state index is 0.421. The first-order chi connectivity index (χ1) is 9.04. The Hall–Kier alpha value is -0.0500. The Balaban J connectivity index is 2.68. The molecule has 1 nitrogen and oxygen atoms in total. The summed E-state index contributed by atoms with van der Waals surface area (Å²) in [6.07, 6.45) is 4.88. The molecule has 3 heteroatoms. The van der Waals surface area contributed by atoms with E-state index in [-0.39, 0.29) is 0 Å². The van der Waals surface area contributed by atoms with Crippen molar-refractivity contribution in [1.82, 2.24) is 5.32 Å². The van der Waals surface area contributed by atoms with Crippen LogP contribution in [0.15, 0.2) is 22.7 Å². The summed E-state index contributed by atoms with van der Waals surface area (Å²) in [6.45, 7) is 7.82. The molecule has 0 saturated heterocycles. The summed E-state index contributed by atoms with van der Waals surface area (Å²) < 4.78 is 0.967. The second kappa shape index (κ2) is 8.99. The lowest BCUT2D eigenvalue weighted by Gasteiger charge is -2.20. The van der Waals surface area contributed by atoms with Crippen LogP contribution in [0.4, 0.5) is 0 Å². The maximum absolute atomic E-state index is 6.20. The van der Waals surface area contributed by atoms with Gasteiger partial charge in [-0.2, -0.15) is 0 Å². The molecule has 0 aliphatic carbocycles. The van der Waals surface area contributed by atoms with Gasteiger partial charge < -0.3 is 5.32 Å². The number of rotatable bonds is 8. The van der Waals surface area contributed by atoms with Crippen LogP contribution in [0.5, 0.6) is 0 Å². The summed E-state index contributed by atoms with van der Waals surface area (Å²) in [5.74, 6) is 0.778. The zero-order valence-electron chi connectivity index (χ0n) is 12.2. The third-order valence-corrected chi connectivity index (χ3v) is 4.49. The van der Waals surface area contributed by atoms with E-state index in [9.17, 15) is 0 Å². The van der Waals surface area contributed by atoms with E-state index in [0.717, 1.165) is 28.4 Å². The molecule has 0 spiro atoms. The Kier molecular flexibility index (Phi) is 8.05. The van der Waals surface area contributed by atoms with Gasteiger partial charge in [-0.15, -0.1) is 0 Å². The lowest BCUT2D eigenvalue weighted by molar-refractivity contribution is 0.447. The van der Waals surface area contributed by atoms with E-state index in [1.54, 1.807) is 0 Å². The van der Waals surface area contributed by atoms with Gasteiger partial charge in [0.15, 0.2) is 0 Å². The SMILES string of the molecule is CCCNC(CCCC(C)C)c1ccc(Br)c(Cl)c1. The largest absolute Gasteiger partial charge is 0.310 e. The van der Waals surface area contributed by atoms with E-state index >= 15 is 0 Å². The van der Waals surface area contributed by atoms with Crippen molar-refractivity contribution >= 4 is 27.5 Å². The summed E-state index contributed by atoms with van der Waals surface area (Å²) in [7, 11) is 0. The first kappa shape index (κ1) is 17.0. The van der Waals surface area contributed by atoms with Gasteiger partial charge >= 0.3 is 0 Å². The lowest BCUT2D eigenvalue weighted by atomic mass is 9.98. The number of benzene rings is 1. The number of halogens is 2. The van der Waals surface area contributed by atoms with Crippen molar-refractivity contribution in [3.05, 3.63) is 33.3 Å². The quantitative estimate of drug-likeness (QED) is 0.611. The summed E-state index contributed by atoms with van der Waals surface area (Å²) in [6, 6.07) is 6.71. The molecule has 0 saturated carbocycles. The summed E-state index contributed by atoms with van der Waals surface area (Å²) in [4.78, 5) is 0. The molecule has 19 heavy (non-hydrogen) atoms. The minimum Gasteiger partial charge on any atom is -0.310 e. The van der Waals surface area contributed by atoms with Crippen LogP contribution in [0.3, 0.4) is 0 Å². The lowest BCUT2D eigenvalue weighted by Crippen LogP contribution is -2.22. The van der Waals surface area contributed by atoms with E-state index in [2.05, 4.69) is 54.2 Å². The molecule has 0 aliphatic heterocycles. The second-order valence-electron chi connectivity index (χ2n) is 5.51. The van der Waals surface area contributed by atoms with Crippen LogP contribution in [0, 0.1) is 5.92 Å². The highest BCUT2D eigenvalue weighted by atomic mass is 79.9. The van der Waals surface area contributed by atoms with Crippen molar-refractivity contribution in [2.45, 2.75) is 52.5 Å². The summed E-state index contributed by atoms with van der Waals surface area (Å²) in [5.41, 5.74) is 1.30. The van der Waals surface area contributed by atoms with Gasteiger partial charge in [-0.25, -0.2) is 0 Å². The zero-order chi connectivity index (χ0) is 14.3. The van der Waals surface area contributed by atoms with Gasteiger partial charge in [0.2, 0.25) is 0 Å². The van der Waals surface area contributed by atoms with Crippen molar-refractivity contribution in [2.24, 2.45) is 5.92 Å². The van der Waals surface area contributed by atoms with Gasteiger partial charge in [0, 0.05) is 10.5 Å². The Morgan fingerprint density at radius 2 is 2.00 bits per heavy atom. The van der Waals surface area contributed by atoms with Gasteiger partial charge in [0.25, 0.3) is 0 Å². The van der Waals surface area contributed by atoms with Gasteiger partial charge in [0.1, 0.15) is 0 Å². The third kappa shape index (κ3) is 6.29. The van der Waals surface area contributed by atoms with Gasteiger partial charge in [-0.05, 0) is 58.9 Å². The van der Waals surface area contributed by atoms with Crippen molar-refractivity contribution < 1.29 is 0 Å². The zero-order valence-corrected chi connectivity index (χ0v) is 14.5. The molecule has 108 valence electrons. The van der Waals surface area contributed by atoms with E-state index in [0.29, 0.717) is 6.04 Å². The average Bonchev–Trinajstić information content (AvgIpc) is 2.36. The molecule has 1 rings (SSSR count). The predicted molar refractivity (Wildman–Crippen MR) is 88.9 cm³/mol. The van der Waals surface area contributed by atoms with Crippen molar-refractivity contribution in [2.75, 3.05) is 6.54 Å². The van der Waals surface area contributed by atoms with Crippen LogP contribution in [0.25, 0.3) is 0 Å². The van der Waals surface area contributed by atoms with Gasteiger partial charge in [0.05, 0.1) is 5.02 Å². The van der Waals surface area contributed by atoms with Crippen LogP contribution in [0.1, 0.15) is 58.1 Å². The van der Waals surface area contributed by atoms with Crippen LogP contribution in [0.2, 0.25) is 5.02 Å². The average molecular weight is 347 g/mol. The first-order valence-corrected chi connectivity index (χ1v) is 8.40. The molecule has 1 aromatic carbocycles. The Morgan fingerprint density at radius 1 is 1.26 bits per heavy atom. The van der Waals surface area contributed by atoms with Crippen LogP contribution < -0.4 is 5.32 Å². The second-order valence-corrected chi connectivity index (χ2v) is 6.77. The maximum atomic E-state index is 6.20. The molecule has 0 fully saturated rings. The fraction of sp³-hybridized carbons (Fsp3) is 0.625. The molecule has 0 aliphatic rings. The van der Waals surface area contributed by atoms with E-state index in [1.807, 2.05) is 6.07 Å². The maximum Gasteiger partial charge on any atom is 0.0551 e. The fourth-order valence-corrected chi connectivity index (χ4v) is 2.60. The molecule has 1 aromatic rings. The number of hydrogen-bond acceptors (Lipinski definition) is 1. The monoisotopic (exact) mass is 345 g/mol. The highest BCUT2D eigenvalue weighted by Gasteiger charge is 2.12. The fourth-order valence-electron chi connectivity index (χ4n) is 2.16. The first-order valence-electron chi connectivity index (χ1n) is 7.23. The molecule has 0 heterocycles. The van der Waals surface area contributed by atoms with E-state index in [4.69, 9.17) is 11.6 Å². The molecule has 0 aromatic heterocycles. The molecular weight excluding hydrogens is 322 g/mol. The standard InChI is InChI=1S/C16H25BrClN/c1-4-10-19-16(7-5-6-12(2)3)13-8-9-14(17)15(18)11-13/h8-9,11-12,16,19H,4-7,10H2,1-3H3. The van der Waals surface area contributed by atoms with Crippen LogP contribution >= 0.6 is 27.5 Å². The molecule has 1 unspecified atom stereocenters. The van der Waals surface area contributed by atoms with Gasteiger partial charge in [-0.1, -0.05) is 51.3 Å². The minimum atomic E-state index is 0.421. The van der Waals surface area contributed by atoms with E-state index in [1.165, 1.54) is 24.8 Å². The summed E-state index contributed by atoms with van der Waals surface area (Å²) >= 11 is 9.65. The molecule has 1 N–H and O–H groups in total. The number of hydrogen-bond donors (Lipinski definition) is 1. The molecule has 0 amide bonds. The molecular formula is C16H25BrClN. The third-order valence-electron chi connectivity index (χ3n) is 3.26. The van der Waals surface area contributed by atoms with Gasteiger partial charge in [-0.3, -0.25) is 0 Å². The number of nitrogens with one attached hydrogen (secondary N) is 1.